The Morgan fingerprint density at radius 2 is 1.60 bits per heavy atom. The van der Waals surface area contributed by atoms with Crippen LogP contribution in [0.1, 0.15) is 31.1 Å². The summed E-state index contributed by atoms with van der Waals surface area (Å²) in [6.45, 7) is 7.90. The zero-order valence-electron chi connectivity index (χ0n) is 12.8. The van der Waals surface area contributed by atoms with Gasteiger partial charge < -0.3 is 14.2 Å². The lowest BCUT2D eigenvalue weighted by Gasteiger charge is -2.16. The molecule has 0 unspecified atom stereocenters. The van der Waals surface area contributed by atoms with Gasteiger partial charge in [-0.05, 0) is 24.3 Å². The van der Waals surface area contributed by atoms with Gasteiger partial charge in [0.15, 0.2) is 5.78 Å². The van der Waals surface area contributed by atoms with Gasteiger partial charge in [-0.15, -0.1) is 0 Å². The Labute approximate surface area is 121 Å². The van der Waals surface area contributed by atoms with Gasteiger partial charge >= 0.3 is 0 Å². The van der Waals surface area contributed by atoms with Crippen LogP contribution in [0.4, 0.5) is 0 Å². The summed E-state index contributed by atoms with van der Waals surface area (Å²) in [6, 6.07) is 7.23. The zero-order valence-corrected chi connectivity index (χ0v) is 12.8. The molecular formula is C16H24O4. The van der Waals surface area contributed by atoms with E-state index in [2.05, 4.69) is 0 Å². The Morgan fingerprint density at radius 3 is 2.15 bits per heavy atom. The van der Waals surface area contributed by atoms with Crippen LogP contribution in [0.5, 0.6) is 5.75 Å². The van der Waals surface area contributed by atoms with Gasteiger partial charge in [0.2, 0.25) is 0 Å². The fraction of sp³-hybridized carbons (Fsp3) is 0.562. The molecule has 112 valence electrons. The molecule has 1 aromatic carbocycles. The third-order valence-electron chi connectivity index (χ3n) is 2.73. The van der Waals surface area contributed by atoms with Crippen LogP contribution < -0.4 is 4.74 Å². The first-order valence-corrected chi connectivity index (χ1v) is 6.79. The molecule has 0 aromatic heterocycles. The molecular weight excluding hydrogens is 256 g/mol. The minimum atomic E-state index is -0.364. The van der Waals surface area contributed by atoms with Gasteiger partial charge in [-0.1, -0.05) is 20.8 Å². The zero-order chi connectivity index (χ0) is 15.0. The van der Waals surface area contributed by atoms with E-state index < -0.39 is 0 Å². The van der Waals surface area contributed by atoms with Gasteiger partial charge in [0.25, 0.3) is 0 Å². The molecule has 0 amide bonds. The summed E-state index contributed by atoms with van der Waals surface area (Å²) in [4.78, 5) is 12.1. The molecule has 0 spiro atoms. The number of hydrogen-bond donors (Lipinski definition) is 0. The molecule has 0 bridgehead atoms. The topological polar surface area (TPSA) is 44.8 Å². The lowest BCUT2D eigenvalue weighted by molar-refractivity contribution is 0.0544. The Morgan fingerprint density at radius 1 is 1.00 bits per heavy atom. The van der Waals surface area contributed by atoms with Crippen molar-refractivity contribution in [2.75, 3.05) is 33.5 Å². The van der Waals surface area contributed by atoms with Crippen molar-refractivity contribution >= 4 is 5.78 Å². The molecule has 0 aliphatic carbocycles. The van der Waals surface area contributed by atoms with Gasteiger partial charge in [0, 0.05) is 18.1 Å². The predicted molar refractivity (Wildman–Crippen MR) is 78.4 cm³/mol. The number of carbonyl (C=O) groups excluding carboxylic acids is 1. The molecule has 4 nitrogen and oxygen atoms in total. The van der Waals surface area contributed by atoms with Gasteiger partial charge in [-0.3, -0.25) is 4.79 Å². The molecule has 0 aliphatic rings. The number of methoxy groups -OCH3 is 1. The third-order valence-corrected chi connectivity index (χ3v) is 2.73. The molecule has 20 heavy (non-hydrogen) atoms. The molecule has 0 atom stereocenters. The van der Waals surface area contributed by atoms with Crippen molar-refractivity contribution in [3.05, 3.63) is 29.8 Å². The Balaban J connectivity index is 2.38. The van der Waals surface area contributed by atoms with Crippen LogP contribution in [0.25, 0.3) is 0 Å². The van der Waals surface area contributed by atoms with E-state index in [1.807, 2.05) is 32.9 Å². The highest BCUT2D eigenvalue weighted by atomic mass is 16.5. The van der Waals surface area contributed by atoms with E-state index >= 15 is 0 Å². The monoisotopic (exact) mass is 280 g/mol. The van der Waals surface area contributed by atoms with E-state index in [0.717, 1.165) is 5.75 Å². The smallest absolute Gasteiger partial charge is 0.168 e. The molecule has 0 aliphatic heterocycles. The van der Waals surface area contributed by atoms with Crippen LogP contribution >= 0.6 is 0 Å². The van der Waals surface area contributed by atoms with E-state index in [0.29, 0.717) is 32.0 Å². The lowest BCUT2D eigenvalue weighted by atomic mass is 9.86. The summed E-state index contributed by atoms with van der Waals surface area (Å²) >= 11 is 0. The van der Waals surface area contributed by atoms with Crippen molar-refractivity contribution in [3.63, 3.8) is 0 Å². The molecule has 0 radical (unpaired) electrons. The molecule has 0 saturated heterocycles. The minimum Gasteiger partial charge on any atom is -0.491 e. The van der Waals surface area contributed by atoms with E-state index in [1.54, 1.807) is 19.2 Å². The summed E-state index contributed by atoms with van der Waals surface area (Å²) in [5.74, 6) is 0.873. The molecule has 0 N–H and O–H groups in total. The molecule has 0 saturated carbocycles. The van der Waals surface area contributed by atoms with E-state index in [4.69, 9.17) is 14.2 Å². The van der Waals surface area contributed by atoms with Crippen LogP contribution in [0.15, 0.2) is 24.3 Å². The summed E-state index contributed by atoms with van der Waals surface area (Å²) < 4.78 is 15.7. The Hall–Kier alpha value is -1.39. The van der Waals surface area contributed by atoms with Crippen LogP contribution in [0.3, 0.4) is 0 Å². The second-order valence-electron chi connectivity index (χ2n) is 5.56. The first-order chi connectivity index (χ1) is 9.45. The highest BCUT2D eigenvalue weighted by molar-refractivity contribution is 5.99. The number of hydrogen-bond acceptors (Lipinski definition) is 4. The number of carbonyl (C=O) groups is 1. The van der Waals surface area contributed by atoms with Crippen molar-refractivity contribution in [2.45, 2.75) is 20.8 Å². The largest absolute Gasteiger partial charge is 0.491 e. The van der Waals surface area contributed by atoms with Crippen LogP contribution in [0, 0.1) is 5.41 Å². The van der Waals surface area contributed by atoms with Gasteiger partial charge in [-0.25, -0.2) is 0 Å². The molecule has 1 rings (SSSR count). The van der Waals surface area contributed by atoms with Crippen molar-refractivity contribution in [1.29, 1.82) is 0 Å². The van der Waals surface area contributed by atoms with Crippen molar-refractivity contribution in [2.24, 2.45) is 5.41 Å². The minimum absolute atomic E-state index is 0.131. The van der Waals surface area contributed by atoms with Crippen molar-refractivity contribution < 1.29 is 19.0 Å². The second-order valence-corrected chi connectivity index (χ2v) is 5.56. The molecule has 0 fully saturated rings. The number of Topliss-reactive ketones (excluding diaryl/α,β-unsaturated/α-hetero) is 1. The summed E-state index contributed by atoms with van der Waals surface area (Å²) in [5.41, 5.74) is 0.346. The van der Waals surface area contributed by atoms with Gasteiger partial charge in [0.1, 0.15) is 12.4 Å². The van der Waals surface area contributed by atoms with Crippen LogP contribution in [0.2, 0.25) is 0 Å². The maximum absolute atomic E-state index is 12.1. The normalized spacial score (nSPS) is 11.4. The maximum atomic E-state index is 12.1. The maximum Gasteiger partial charge on any atom is 0.168 e. The highest BCUT2D eigenvalue weighted by Gasteiger charge is 2.22. The quantitative estimate of drug-likeness (QED) is 0.542. The fourth-order valence-electron chi connectivity index (χ4n) is 1.60. The van der Waals surface area contributed by atoms with Gasteiger partial charge in [0.05, 0.1) is 19.8 Å². The van der Waals surface area contributed by atoms with Crippen molar-refractivity contribution in [1.82, 2.24) is 0 Å². The fourth-order valence-corrected chi connectivity index (χ4v) is 1.60. The predicted octanol–water partition coefficient (Wildman–Crippen LogP) is 2.96. The first kappa shape index (κ1) is 16.7. The van der Waals surface area contributed by atoms with Gasteiger partial charge in [-0.2, -0.15) is 0 Å². The number of ether oxygens (including phenoxy) is 3. The van der Waals surface area contributed by atoms with E-state index in [1.165, 1.54) is 0 Å². The summed E-state index contributed by atoms with van der Waals surface area (Å²) in [5, 5.41) is 0. The molecule has 0 heterocycles. The van der Waals surface area contributed by atoms with Crippen LogP contribution in [-0.4, -0.2) is 39.3 Å². The van der Waals surface area contributed by atoms with E-state index in [9.17, 15) is 4.79 Å². The number of ketones is 1. The standard InChI is InChI=1S/C16H24O4/c1-16(2,3)15(17)13-5-7-14(8-6-13)20-12-11-19-10-9-18-4/h5-8H,9-12H2,1-4H3. The molecule has 1 aromatic rings. The first-order valence-electron chi connectivity index (χ1n) is 6.79. The van der Waals surface area contributed by atoms with Crippen molar-refractivity contribution in [3.8, 4) is 5.75 Å². The highest BCUT2D eigenvalue weighted by Crippen LogP contribution is 2.22. The Kier molecular flexibility index (Phi) is 6.68. The third kappa shape index (κ3) is 5.72. The van der Waals surface area contributed by atoms with Crippen LogP contribution in [-0.2, 0) is 9.47 Å². The average Bonchev–Trinajstić information content (AvgIpc) is 2.41. The molecule has 4 heteroatoms. The second kappa shape index (κ2) is 8.02. The van der Waals surface area contributed by atoms with E-state index in [-0.39, 0.29) is 11.2 Å². The Bertz CT molecular complexity index is 403. The lowest BCUT2D eigenvalue weighted by Crippen LogP contribution is -2.20. The summed E-state index contributed by atoms with van der Waals surface area (Å²) in [7, 11) is 1.64. The number of benzene rings is 1. The number of rotatable bonds is 8. The SMILES string of the molecule is COCCOCCOc1ccc(C(=O)C(C)(C)C)cc1. The summed E-state index contributed by atoms with van der Waals surface area (Å²) in [6.07, 6.45) is 0. The average molecular weight is 280 g/mol.